The van der Waals surface area contributed by atoms with Gasteiger partial charge in [0.05, 0.1) is 0 Å². The van der Waals surface area contributed by atoms with E-state index in [1.807, 2.05) is 17.8 Å². The van der Waals surface area contributed by atoms with Crippen molar-refractivity contribution in [2.24, 2.45) is 5.73 Å². The highest BCUT2D eigenvalue weighted by atomic mass is 32.2. The quantitative estimate of drug-likeness (QED) is 0.824. The molecule has 1 nitrogen and oxygen atoms in total. The van der Waals surface area contributed by atoms with Gasteiger partial charge in [0.2, 0.25) is 0 Å². The molecule has 2 heteroatoms. The molecule has 0 aliphatic carbocycles. The van der Waals surface area contributed by atoms with Crippen LogP contribution in [0.15, 0.2) is 30.3 Å². The fourth-order valence-electron chi connectivity index (χ4n) is 1.44. The second-order valence-electron chi connectivity index (χ2n) is 3.88. The molecule has 0 aliphatic heterocycles. The van der Waals surface area contributed by atoms with Crippen molar-refractivity contribution in [2.75, 3.05) is 0 Å². The van der Waals surface area contributed by atoms with Crippen molar-refractivity contribution in [3.63, 3.8) is 0 Å². The van der Waals surface area contributed by atoms with E-state index in [2.05, 4.69) is 45.0 Å². The summed E-state index contributed by atoms with van der Waals surface area (Å²) in [5.74, 6) is 0. The first-order chi connectivity index (χ1) is 6.61. The van der Waals surface area contributed by atoms with Gasteiger partial charge < -0.3 is 5.73 Å². The first-order valence-electron chi connectivity index (χ1n) is 5.07. The molecule has 78 valence electrons. The van der Waals surface area contributed by atoms with Crippen LogP contribution >= 0.6 is 11.8 Å². The molecule has 14 heavy (non-hydrogen) atoms. The van der Waals surface area contributed by atoms with Crippen molar-refractivity contribution in [1.29, 1.82) is 0 Å². The van der Waals surface area contributed by atoms with E-state index in [1.165, 1.54) is 5.56 Å². The summed E-state index contributed by atoms with van der Waals surface area (Å²) in [6, 6.07) is 10.7. The highest BCUT2D eigenvalue weighted by Crippen LogP contribution is 2.33. The van der Waals surface area contributed by atoms with Gasteiger partial charge >= 0.3 is 0 Å². The molecule has 1 aromatic rings. The van der Waals surface area contributed by atoms with Crippen molar-refractivity contribution in [3.05, 3.63) is 35.9 Å². The Morgan fingerprint density at radius 2 is 1.64 bits per heavy atom. The van der Waals surface area contributed by atoms with Gasteiger partial charge in [0.25, 0.3) is 0 Å². The van der Waals surface area contributed by atoms with Crippen LogP contribution < -0.4 is 5.73 Å². The fourth-order valence-corrected chi connectivity index (χ4v) is 2.59. The van der Waals surface area contributed by atoms with Crippen molar-refractivity contribution in [1.82, 2.24) is 0 Å². The summed E-state index contributed by atoms with van der Waals surface area (Å²) in [5, 5.41) is 1.03. The Bertz CT molecular complexity index is 256. The zero-order valence-electron chi connectivity index (χ0n) is 9.10. The molecule has 1 aromatic carbocycles. The normalized spacial score (nSPS) is 15.5. The zero-order chi connectivity index (χ0) is 10.6. The average Bonchev–Trinajstić information content (AvgIpc) is 2.15. The first kappa shape index (κ1) is 11.6. The topological polar surface area (TPSA) is 26.0 Å². The van der Waals surface area contributed by atoms with Crippen LogP contribution in [0.2, 0.25) is 0 Å². The Labute approximate surface area is 91.1 Å². The van der Waals surface area contributed by atoms with E-state index in [0.29, 0.717) is 10.5 Å². The van der Waals surface area contributed by atoms with Crippen LogP contribution in [0.3, 0.4) is 0 Å². The molecule has 0 aliphatic rings. The van der Waals surface area contributed by atoms with Crippen molar-refractivity contribution >= 4 is 11.8 Å². The minimum absolute atomic E-state index is 0.199. The van der Waals surface area contributed by atoms with Gasteiger partial charge in [-0.3, -0.25) is 0 Å². The number of nitrogens with two attached hydrogens (primary N) is 1. The molecule has 2 atom stereocenters. The standard InChI is InChI=1S/C12H19NS/c1-9(2)14-12(10(3)13)11-7-5-4-6-8-11/h4-10,12H,13H2,1-3H3/t10-,12-/m0/s1. The van der Waals surface area contributed by atoms with Gasteiger partial charge in [-0.2, -0.15) is 0 Å². The summed E-state index contributed by atoms with van der Waals surface area (Å²) in [6.07, 6.45) is 0. The van der Waals surface area contributed by atoms with Gasteiger partial charge in [-0.1, -0.05) is 44.2 Å². The molecule has 0 unspecified atom stereocenters. The summed E-state index contributed by atoms with van der Waals surface area (Å²) >= 11 is 1.94. The maximum Gasteiger partial charge on any atom is 0.0448 e. The van der Waals surface area contributed by atoms with Crippen LogP contribution in [0, 0.1) is 0 Å². The molecule has 0 amide bonds. The first-order valence-corrected chi connectivity index (χ1v) is 6.01. The van der Waals surface area contributed by atoms with Gasteiger partial charge in [0.15, 0.2) is 0 Å². The maximum absolute atomic E-state index is 6.00. The van der Waals surface area contributed by atoms with Crippen LogP contribution in [-0.4, -0.2) is 11.3 Å². The number of hydrogen-bond acceptors (Lipinski definition) is 2. The summed E-state index contributed by atoms with van der Waals surface area (Å²) in [4.78, 5) is 0. The molecular formula is C12H19NS. The smallest absolute Gasteiger partial charge is 0.0448 e. The second-order valence-corrected chi connectivity index (χ2v) is 5.60. The van der Waals surface area contributed by atoms with E-state index in [-0.39, 0.29) is 6.04 Å². The highest BCUT2D eigenvalue weighted by Gasteiger charge is 2.17. The molecule has 0 heterocycles. The molecular weight excluding hydrogens is 190 g/mol. The monoisotopic (exact) mass is 209 g/mol. The van der Waals surface area contributed by atoms with Crippen LogP contribution in [-0.2, 0) is 0 Å². The molecule has 0 saturated heterocycles. The van der Waals surface area contributed by atoms with Crippen LogP contribution in [0.4, 0.5) is 0 Å². The molecule has 0 spiro atoms. The van der Waals surface area contributed by atoms with E-state index in [9.17, 15) is 0 Å². The number of thioether (sulfide) groups is 1. The van der Waals surface area contributed by atoms with Gasteiger partial charge in [-0.25, -0.2) is 0 Å². The molecule has 0 saturated carbocycles. The second kappa shape index (κ2) is 5.42. The zero-order valence-corrected chi connectivity index (χ0v) is 9.92. The molecule has 1 rings (SSSR count). The lowest BCUT2D eigenvalue weighted by Crippen LogP contribution is -2.23. The molecule has 0 aromatic heterocycles. The van der Waals surface area contributed by atoms with E-state index in [4.69, 9.17) is 5.73 Å². The van der Waals surface area contributed by atoms with Gasteiger partial charge in [0.1, 0.15) is 0 Å². The molecule has 2 N–H and O–H groups in total. The third-order valence-corrected chi connectivity index (χ3v) is 3.56. The van der Waals surface area contributed by atoms with Gasteiger partial charge in [-0.05, 0) is 17.7 Å². The van der Waals surface area contributed by atoms with E-state index in [1.54, 1.807) is 0 Å². The molecule has 0 bridgehead atoms. The summed E-state index contributed by atoms with van der Waals surface area (Å²) < 4.78 is 0. The lowest BCUT2D eigenvalue weighted by atomic mass is 10.1. The summed E-state index contributed by atoms with van der Waals surface area (Å²) in [5.41, 5.74) is 7.33. The SMILES string of the molecule is CC(C)S[C@H](c1ccccc1)[C@H](C)N. The summed E-state index contributed by atoms with van der Waals surface area (Å²) in [6.45, 7) is 6.50. The number of hydrogen-bond donors (Lipinski definition) is 1. The third kappa shape index (κ3) is 3.35. The third-order valence-electron chi connectivity index (χ3n) is 2.02. The number of rotatable bonds is 4. The largest absolute Gasteiger partial charge is 0.327 e. The molecule has 0 radical (unpaired) electrons. The predicted molar refractivity (Wildman–Crippen MR) is 65.6 cm³/mol. The predicted octanol–water partition coefficient (Wildman–Crippen LogP) is 3.22. The minimum Gasteiger partial charge on any atom is -0.327 e. The lowest BCUT2D eigenvalue weighted by molar-refractivity contribution is 0.718. The Hall–Kier alpha value is -0.470. The maximum atomic E-state index is 6.00. The minimum atomic E-state index is 0.199. The lowest BCUT2D eigenvalue weighted by Gasteiger charge is -2.22. The Morgan fingerprint density at radius 1 is 1.07 bits per heavy atom. The van der Waals surface area contributed by atoms with Crippen LogP contribution in [0.1, 0.15) is 31.6 Å². The summed E-state index contributed by atoms with van der Waals surface area (Å²) in [7, 11) is 0. The van der Waals surface area contributed by atoms with Gasteiger partial charge in [0, 0.05) is 11.3 Å². The van der Waals surface area contributed by atoms with Crippen molar-refractivity contribution < 1.29 is 0 Å². The Kier molecular flexibility index (Phi) is 4.49. The van der Waals surface area contributed by atoms with Crippen molar-refractivity contribution in [2.45, 2.75) is 37.3 Å². The van der Waals surface area contributed by atoms with E-state index < -0.39 is 0 Å². The average molecular weight is 209 g/mol. The fraction of sp³-hybridized carbons (Fsp3) is 0.500. The van der Waals surface area contributed by atoms with Gasteiger partial charge in [-0.15, -0.1) is 11.8 Å². The van der Waals surface area contributed by atoms with E-state index in [0.717, 1.165) is 0 Å². The Morgan fingerprint density at radius 3 is 2.07 bits per heavy atom. The molecule has 0 fully saturated rings. The van der Waals surface area contributed by atoms with Crippen LogP contribution in [0.5, 0.6) is 0 Å². The number of benzene rings is 1. The Balaban J connectivity index is 2.78. The van der Waals surface area contributed by atoms with Crippen molar-refractivity contribution in [3.8, 4) is 0 Å². The van der Waals surface area contributed by atoms with Crippen LogP contribution in [0.25, 0.3) is 0 Å². The highest BCUT2D eigenvalue weighted by molar-refractivity contribution is 8.00. The van der Waals surface area contributed by atoms with E-state index >= 15 is 0 Å².